The molecular formula is C28H37N3O5Si. The van der Waals surface area contributed by atoms with Crippen LogP contribution in [0.5, 0.6) is 11.6 Å². The fourth-order valence-corrected chi connectivity index (χ4v) is 4.68. The maximum absolute atomic E-state index is 12.9. The molecule has 3 aromatic rings. The summed E-state index contributed by atoms with van der Waals surface area (Å²) in [7, 11) is -0.659. The molecule has 0 aliphatic heterocycles. The summed E-state index contributed by atoms with van der Waals surface area (Å²) in [6, 6.07) is 13.1. The molecule has 8 nitrogen and oxygen atoms in total. The Morgan fingerprint density at radius 2 is 1.78 bits per heavy atom. The predicted octanol–water partition coefficient (Wildman–Crippen LogP) is 5.62. The zero-order chi connectivity index (χ0) is 27.1. The molecule has 37 heavy (non-hydrogen) atoms. The van der Waals surface area contributed by atoms with Gasteiger partial charge in [-0.1, -0.05) is 39.0 Å². The Morgan fingerprint density at radius 1 is 1.03 bits per heavy atom. The molecule has 2 heterocycles. The zero-order valence-electron chi connectivity index (χ0n) is 22.8. The van der Waals surface area contributed by atoms with Crippen molar-refractivity contribution in [2.45, 2.75) is 65.0 Å². The molecule has 1 atom stereocenters. The third kappa shape index (κ3) is 7.36. The standard InChI is InChI=1S/C28H37N3O5Si/c1-8-34-27(32)24(36-37(6,7)28(2,3)4)18-20-12-9-10-14-23(20)35-19-21-15-17-29-25(31-21)22-13-11-16-30-26(22)33-5/h9-17,24H,8,18-19H2,1-7H3/t24-/m0/s1. The van der Waals surface area contributed by atoms with Crippen LogP contribution in [0.3, 0.4) is 0 Å². The molecule has 0 aliphatic rings. The molecule has 0 spiro atoms. The van der Waals surface area contributed by atoms with E-state index >= 15 is 0 Å². The number of hydrogen-bond acceptors (Lipinski definition) is 8. The number of methoxy groups -OCH3 is 1. The van der Waals surface area contributed by atoms with Crippen molar-refractivity contribution in [3.05, 3.63) is 66.1 Å². The van der Waals surface area contributed by atoms with Crippen LogP contribution in [-0.4, -0.2) is 49.1 Å². The molecule has 0 amide bonds. The van der Waals surface area contributed by atoms with Crippen LogP contribution in [0.4, 0.5) is 0 Å². The molecule has 9 heteroatoms. The molecule has 1 aromatic carbocycles. The summed E-state index contributed by atoms with van der Waals surface area (Å²) >= 11 is 0. The van der Waals surface area contributed by atoms with Crippen molar-refractivity contribution in [1.82, 2.24) is 15.0 Å². The summed E-state index contributed by atoms with van der Waals surface area (Å²) in [6.45, 7) is 13.0. The number of pyridine rings is 1. The highest BCUT2D eigenvalue weighted by molar-refractivity contribution is 6.74. The molecule has 0 saturated heterocycles. The van der Waals surface area contributed by atoms with Crippen LogP contribution < -0.4 is 9.47 Å². The van der Waals surface area contributed by atoms with E-state index in [1.807, 2.05) is 36.4 Å². The fraction of sp³-hybridized carbons (Fsp3) is 0.429. The molecule has 0 radical (unpaired) electrons. The number of rotatable bonds is 11. The van der Waals surface area contributed by atoms with E-state index in [1.165, 1.54) is 0 Å². The lowest BCUT2D eigenvalue weighted by Gasteiger charge is -2.38. The van der Waals surface area contributed by atoms with E-state index in [-0.39, 0.29) is 17.6 Å². The summed E-state index contributed by atoms with van der Waals surface area (Å²) in [6.07, 6.45) is 2.98. The van der Waals surface area contributed by atoms with Crippen molar-refractivity contribution in [3.8, 4) is 23.0 Å². The highest BCUT2D eigenvalue weighted by Gasteiger charge is 2.41. The molecule has 0 unspecified atom stereocenters. The topological polar surface area (TPSA) is 92.7 Å². The van der Waals surface area contributed by atoms with E-state index in [9.17, 15) is 4.79 Å². The van der Waals surface area contributed by atoms with Gasteiger partial charge in [-0.2, -0.15) is 0 Å². The first-order valence-corrected chi connectivity index (χ1v) is 15.3. The van der Waals surface area contributed by atoms with E-state index in [2.05, 4.69) is 48.8 Å². The van der Waals surface area contributed by atoms with E-state index in [1.54, 1.807) is 32.5 Å². The minimum atomic E-state index is -2.22. The number of hydrogen-bond donors (Lipinski definition) is 0. The average molecular weight is 524 g/mol. The van der Waals surface area contributed by atoms with Crippen LogP contribution in [0.1, 0.15) is 39.0 Å². The SMILES string of the molecule is CCOC(=O)[C@H](Cc1ccccc1OCc1ccnc(-c2cccnc2OC)n1)O[Si](C)(C)C(C)(C)C. The Bertz CT molecular complexity index is 1200. The van der Waals surface area contributed by atoms with Crippen LogP contribution in [0.2, 0.25) is 18.1 Å². The first-order valence-electron chi connectivity index (χ1n) is 12.4. The number of nitrogens with zero attached hydrogens (tertiary/aromatic N) is 3. The molecule has 3 rings (SSSR count). The van der Waals surface area contributed by atoms with Gasteiger partial charge in [0.05, 0.1) is 25.0 Å². The average Bonchev–Trinajstić information content (AvgIpc) is 2.87. The van der Waals surface area contributed by atoms with Gasteiger partial charge < -0.3 is 18.6 Å². The van der Waals surface area contributed by atoms with Crippen molar-refractivity contribution in [2.24, 2.45) is 0 Å². The van der Waals surface area contributed by atoms with Crippen molar-refractivity contribution in [2.75, 3.05) is 13.7 Å². The highest BCUT2D eigenvalue weighted by Crippen LogP contribution is 2.38. The quantitative estimate of drug-likeness (QED) is 0.236. The first kappa shape index (κ1) is 28.3. The van der Waals surface area contributed by atoms with Crippen LogP contribution in [-0.2, 0) is 27.0 Å². The fourth-order valence-electron chi connectivity index (χ4n) is 3.44. The second kappa shape index (κ2) is 12.3. The Kier molecular flexibility index (Phi) is 9.39. The first-order chi connectivity index (χ1) is 17.6. The maximum atomic E-state index is 12.9. The van der Waals surface area contributed by atoms with Crippen molar-refractivity contribution in [3.63, 3.8) is 0 Å². The molecule has 0 N–H and O–H groups in total. The largest absolute Gasteiger partial charge is 0.487 e. The van der Waals surface area contributed by atoms with Gasteiger partial charge in [0.25, 0.3) is 0 Å². The predicted molar refractivity (Wildman–Crippen MR) is 145 cm³/mol. The molecule has 0 bridgehead atoms. The van der Waals surface area contributed by atoms with Crippen LogP contribution in [0.25, 0.3) is 11.4 Å². The van der Waals surface area contributed by atoms with Gasteiger partial charge in [0, 0.05) is 18.8 Å². The molecule has 198 valence electrons. The molecule has 0 fully saturated rings. The summed E-state index contributed by atoms with van der Waals surface area (Å²) in [5.41, 5.74) is 2.26. The van der Waals surface area contributed by atoms with Crippen LogP contribution in [0.15, 0.2) is 54.9 Å². The molecule has 0 aliphatic carbocycles. The second-order valence-corrected chi connectivity index (χ2v) is 14.9. The van der Waals surface area contributed by atoms with Gasteiger partial charge in [0.2, 0.25) is 5.88 Å². The van der Waals surface area contributed by atoms with E-state index in [0.717, 1.165) is 5.56 Å². The molecule has 2 aromatic heterocycles. The van der Waals surface area contributed by atoms with Crippen LogP contribution in [0, 0.1) is 0 Å². The normalized spacial score (nSPS) is 12.6. The summed E-state index contributed by atoms with van der Waals surface area (Å²) < 4.78 is 23.4. The summed E-state index contributed by atoms with van der Waals surface area (Å²) in [4.78, 5) is 26.1. The smallest absolute Gasteiger partial charge is 0.334 e. The lowest BCUT2D eigenvalue weighted by atomic mass is 10.1. The van der Waals surface area contributed by atoms with Crippen molar-refractivity contribution in [1.29, 1.82) is 0 Å². The minimum absolute atomic E-state index is 0.0462. The lowest BCUT2D eigenvalue weighted by Crippen LogP contribution is -2.47. The number of benzene rings is 1. The van der Waals surface area contributed by atoms with Gasteiger partial charge >= 0.3 is 5.97 Å². The molecule has 0 saturated carbocycles. The minimum Gasteiger partial charge on any atom is -0.487 e. The van der Waals surface area contributed by atoms with Gasteiger partial charge in [0.1, 0.15) is 18.5 Å². The maximum Gasteiger partial charge on any atom is 0.334 e. The van der Waals surface area contributed by atoms with E-state index in [0.29, 0.717) is 41.7 Å². The summed E-state index contributed by atoms with van der Waals surface area (Å²) in [5.74, 6) is 1.27. The van der Waals surface area contributed by atoms with Gasteiger partial charge in [0.15, 0.2) is 14.1 Å². The Labute approximate surface area is 220 Å². The number of carbonyl (C=O) groups is 1. The van der Waals surface area contributed by atoms with Crippen molar-refractivity contribution >= 4 is 14.3 Å². The summed E-state index contributed by atoms with van der Waals surface area (Å²) in [5, 5.41) is -0.0462. The third-order valence-corrected chi connectivity index (χ3v) is 11.0. The number of aromatic nitrogens is 3. The Morgan fingerprint density at radius 3 is 2.49 bits per heavy atom. The number of esters is 1. The van der Waals surface area contributed by atoms with Gasteiger partial charge in [-0.05, 0) is 54.9 Å². The highest BCUT2D eigenvalue weighted by atomic mass is 28.4. The number of para-hydroxylation sites is 1. The lowest BCUT2D eigenvalue weighted by molar-refractivity contribution is -0.152. The van der Waals surface area contributed by atoms with Gasteiger partial charge in [-0.15, -0.1) is 0 Å². The van der Waals surface area contributed by atoms with E-state index < -0.39 is 14.4 Å². The van der Waals surface area contributed by atoms with E-state index in [4.69, 9.17) is 18.6 Å². The van der Waals surface area contributed by atoms with Crippen molar-refractivity contribution < 1.29 is 23.4 Å². The Hall–Kier alpha value is -3.30. The second-order valence-electron chi connectivity index (χ2n) is 10.2. The third-order valence-electron chi connectivity index (χ3n) is 6.46. The molecular weight excluding hydrogens is 486 g/mol. The zero-order valence-corrected chi connectivity index (χ0v) is 23.8. The van der Waals surface area contributed by atoms with Gasteiger partial charge in [-0.25, -0.2) is 19.7 Å². The van der Waals surface area contributed by atoms with Gasteiger partial charge in [-0.3, -0.25) is 0 Å². The monoisotopic (exact) mass is 523 g/mol. The number of ether oxygens (including phenoxy) is 3. The Balaban J connectivity index is 1.80. The number of carbonyl (C=O) groups excluding carboxylic acids is 1. The van der Waals surface area contributed by atoms with Crippen LogP contribution >= 0.6 is 0 Å².